The predicted octanol–water partition coefficient (Wildman–Crippen LogP) is 3.80. The lowest BCUT2D eigenvalue weighted by Crippen LogP contribution is -2.54. The molecule has 2 saturated carbocycles. The molecule has 0 aromatic carbocycles. The summed E-state index contributed by atoms with van der Waals surface area (Å²) in [7, 11) is 0. The minimum atomic E-state index is 0.312. The number of rotatable bonds is 6. The van der Waals surface area contributed by atoms with Gasteiger partial charge in [-0.15, -0.1) is 0 Å². The molecule has 19 heavy (non-hydrogen) atoms. The molecule has 0 heterocycles. The molecule has 0 spiro atoms. The van der Waals surface area contributed by atoms with Crippen LogP contribution in [0.3, 0.4) is 0 Å². The molecular weight excluding hydrogens is 232 g/mol. The fourth-order valence-corrected chi connectivity index (χ4v) is 3.77. The van der Waals surface area contributed by atoms with Crippen LogP contribution in [0.5, 0.6) is 0 Å². The lowest BCUT2D eigenvalue weighted by molar-refractivity contribution is 0.0698. The maximum absolute atomic E-state index is 6.28. The SMILES string of the molecule is CCCN(CC1CC1)C1(CN)CCCC(C)(C)CC1. The standard InChI is InChI=1S/C17H34N2/c1-4-12-19(13-15-6-7-15)17(14-18)9-5-8-16(2,3)10-11-17/h15H,4-14,18H2,1-3H3. The zero-order chi connectivity index (χ0) is 13.9. The zero-order valence-electron chi connectivity index (χ0n) is 13.4. The van der Waals surface area contributed by atoms with Gasteiger partial charge in [0.2, 0.25) is 0 Å². The van der Waals surface area contributed by atoms with Crippen molar-refractivity contribution < 1.29 is 0 Å². The van der Waals surface area contributed by atoms with Gasteiger partial charge in [-0.05, 0) is 62.8 Å². The van der Waals surface area contributed by atoms with Gasteiger partial charge in [0.1, 0.15) is 0 Å². The lowest BCUT2D eigenvalue weighted by atomic mass is 9.82. The van der Waals surface area contributed by atoms with Gasteiger partial charge in [-0.1, -0.05) is 27.2 Å². The molecule has 2 aliphatic rings. The van der Waals surface area contributed by atoms with Gasteiger partial charge in [0.25, 0.3) is 0 Å². The molecule has 2 heteroatoms. The Labute approximate surface area is 120 Å². The summed E-state index contributed by atoms with van der Waals surface area (Å²) >= 11 is 0. The Kier molecular flexibility index (Phi) is 4.94. The molecule has 0 bridgehead atoms. The van der Waals surface area contributed by atoms with Crippen molar-refractivity contribution in [3.05, 3.63) is 0 Å². The van der Waals surface area contributed by atoms with Crippen molar-refractivity contribution >= 4 is 0 Å². The van der Waals surface area contributed by atoms with E-state index in [0.29, 0.717) is 11.0 Å². The smallest absolute Gasteiger partial charge is 0.0332 e. The van der Waals surface area contributed by atoms with E-state index in [9.17, 15) is 0 Å². The minimum Gasteiger partial charge on any atom is -0.329 e. The molecular formula is C17H34N2. The first-order valence-corrected chi connectivity index (χ1v) is 8.46. The Hall–Kier alpha value is -0.0800. The van der Waals surface area contributed by atoms with Crippen LogP contribution in [0.25, 0.3) is 0 Å². The van der Waals surface area contributed by atoms with Crippen molar-refractivity contribution in [2.24, 2.45) is 17.1 Å². The highest BCUT2D eigenvalue weighted by Gasteiger charge is 2.40. The van der Waals surface area contributed by atoms with E-state index in [2.05, 4.69) is 25.7 Å². The van der Waals surface area contributed by atoms with Crippen LogP contribution in [0, 0.1) is 11.3 Å². The highest BCUT2D eigenvalue weighted by atomic mass is 15.2. The van der Waals surface area contributed by atoms with Gasteiger partial charge in [0.15, 0.2) is 0 Å². The summed E-state index contributed by atoms with van der Waals surface area (Å²) in [4.78, 5) is 2.78. The second-order valence-corrected chi connectivity index (χ2v) is 7.84. The molecule has 0 saturated heterocycles. The van der Waals surface area contributed by atoms with E-state index in [1.807, 2.05) is 0 Å². The third kappa shape index (κ3) is 3.95. The molecule has 2 N–H and O–H groups in total. The van der Waals surface area contributed by atoms with E-state index in [1.54, 1.807) is 0 Å². The van der Waals surface area contributed by atoms with Crippen molar-refractivity contribution in [2.75, 3.05) is 19.6 Å². The van der Waals surface area contributed by atoms with E-state index < -0.39 is 0 Å². The van der Waals surface area contributed by atoms with Crippen LogP contribution in [-0.2, 0) is 0 Å². The summed E-state index contributed by atoms with van der Waals surface area (Å²) in [5.41, 5.74) is 7.12. The summed E-state index contributed by atoms with van der Waals surface area (Å²) in [6, 6.07) is 0. The van der Waals surface area contributed by atoms with Crippen LogP contribution in [-0.4, -0.2) is 30.1 Å². The van der Waals surface area contributed by atoms with Crippen LogP contribution >= 0.6 is 0 Å². The summed E-state index contributed by atoms with van der Waals surface area (Å²) in [6.45, 7) is 10.6. The Morgan fingerprint density at radius 2 is 1.84 bits per heavy atom. The third-order valence-electron chi connectivity index (χ3n) is 5.48. The average Bonchev–Trinajstić information content (AvgIpc) is 3.17. The van der Waals surface area contributed by atoms with Crippen molar-refractivity contribution in [1.29, 1.82) is 0 Å². The Morgan fingerprint density at radius 1 is 1.11 bits per heavy atom. The van der Waals surface area contributed by atoms with Crippen LogP contribution in [0.2, 0.25) is 0 Å². The molecule has 1 atom stereocenters. The number of nitrogens with zero attached hydrogens (tertiary/aromatic N) is 1. The molecule has 2 fully saturated rings. The summed E-state index contributed by atoms with van der Waals surface area (Å²) in [5.74, 6) is 0.978. The van der Waals surface area contributed by atoms with Gasteiger partial charge < -0.3 is 5.73 Å². The van der Waals surface area contributed by atoms with Gasteiger partial charge >= 0.3 is 0 Å². The summed E-state index contributed by atoms with van der Waals surface area (Å²) < 4.78 is 0. The normalized spacial score (nSPS) is 31.4. The van der Waals surface area contributed by atoms with Crippen LogP contribution in [0.15, 0.2) is 0 Å². The second kappa shape index (κ2) is 6.13. The van der Waals surface area contributed by atoms with Gasteiger partial charge in [-0.25, -0.2) is 0 Å². The minimum absolute atomic E-state index is 0.312. The number of hydrogen-bond donors (Lipinski definition) is 1. The monoisotopic (exact) mass is 266 g/mol. The highest BCUT2D eigenvalue weighted by Crippen LogP contribution is 2.42. The van der Waals surface area contributed by atoms with Crippen LogP contribution < -0.4 is 5.73 Å². The molecule has 0 radical (unpaired) electrons. The molecule has 2 rings (SSSR count). The van der Waals surface area contributed by atoms with Gasteiger partial charge in [-0.2, -0.15) is 0 Å². The molecule has 2 nitrogen and oxygen atoms in total. The zero-order valence-corrected chi connectivity index (χ0v) is 13.4. The van der Waals surface area contributed by atoms with E-state index in [-0.39, 0.29) is 0 Å². The van der Waals surface area contributed by atoms with Gasteiger partial charge in [-0.3, -0.25) is 4.90 Å². The molecule has 0 aromatic heterocycles. The first-order chi connectivity index (χ1) is 9.01. The first-order valence-electron chi connectivity index (χ1n) is 8.46. The molecule has 0 aliphatic heterocycles. The molecule has 0 aromatic rings. The number of nitrogens with two attached hydrogens (primary N) is 1. The van der Waals surface area contributed by atoms with Gasteiger partial charge in [0, 0.05) is 18.6 Å². The highest BCUT2D eigenvalue weighted by molar-refractivity contribution is 4.97. The molecule has 2 aliphatic carbocycles. The van der Waals surface area contributed by atoms with Crippen molar-refractivity contribution in [3.63, 3.8) is 0 Å². The Morgan fingerprint density at radius 3 is 2.42 bits per heavy atom. The topological polar surface area (TPSA) is 29.3 Å². The maximum atomic E-state index is 6.28. The second-order valence-electron chi connectivity index (χ2n) is 7.84. The first kappa shape index (κ1) is 15.3. The fraction of sp³-hybridized carbons (Fsp3) is 1.00. The number of hydrogen-bond acceptors (Lipinski definition) is 2. The van der Waals surface area contributed by atoms with E-state index in [1.165, 1.54) is 64.5 Å². The predicted molar refractivity (Wildman–Crippen MR) is 83.2 cm³/mol. The van der Waals surface area contributed by atoms with Crippen molar-refractivity contribution in [1.82, 2.24) is 4.90 Å². The molecule has 112 valence electrons. The quantitative estimate of drug-likeness (QED) is 0.741. The van der Waals surface area contributed by atoms with E-state index in [4.69, 9.17) is 5.73 Å². The lowest BCUT2D eigenvalue weighted by Gasteiger charge is -2.44. The molecule has 0 amide bonds. The summed E-state index contributed by atoms with van der Waals surface area (Å²) in [5, 5.41) is 0. The van der Waals surface area contributed by atoms with Crippen molar-refractivity contribution in [2.45, 2.75) is 77.7 Å². The Bertz CT molecular complexity index is 283. The summed E-state index contributed by atoms with van der Waals surface area (Å²) in [6.07, 6.45) is 10.9. The Balaban J connectivity index is 2.08. The maximum Gasteiger partial charge on any atom is 0.0332 e. The van der Waals surface area contributed by atoms with E-state index >= 15 is 0 Å². The fourth-order valence-electron chi connectivity index (χ4n) is 3.77. The third-order valence-corrected chi connectivity index (χ3v) is 5.48. The average molecular weight is 266 g/mol. The largest absolute Gasteiger partial charge is 0.329 e. The van der Waals surface area contributed by atoms with Crippen LogP contribution in [0.4, 0.5) is 0 Å². The van der Waals surface area contributed by atoms with E-state index in [0.717, 1.165) is 12.5 Å². The van der Waals surface area contributed by atoms with Gasteiger partial charge in [0.05, 0.1) is 0 Å². The van der Waals surface area contributed by atoms with Crippen molar-refractivity contribution in [3.8, 4) is 0 Å². The van der Waals surface area contributed by atoms with Crippen LogP contribution in [0.1, 0.15) is 72.1 Å². The molecule has 1 unspecified atom stereocenters.